The second kappa shape index (κ2) is 3.40. The van der Waals surface area contributed by atoms with E-state index in [1.165, 1.54) is 25.7 Å². The van der Waals surface area contributed by atoms with Crippen molar-refractivity contribution in [3.05, 3.63) is 12.0 Å². The second-order valence-corrected chi connectivity index (χ2v) is 3.84. The van der Waals surface area contributed by atoms with Crippen LogP contribution >= 0.6 is 0 Å². The molecule has 1 saturated carbocycles. The van der Waals surface area contributed by atoms with Crippen molar-refractivity contribution in [2.75, 3.05) is 5.73 Å². The fourth-order valence-corrected chi connectivity index (χ4v) is 1.59. The predicted octanol–water partition coefficient (Wildman–Crippen LogP) is 2.14. The zero-order valence-corrected chi connectivity index (χ0v) is 8.16. The highest BCUT2D eigenvalue weighted by atomic mass is 15.1. The van der Waals surface area contributed by atoms with Crippen molar-refractivity contribution in [1.82, 2.24) is 9.55 Å². The van der Waals surface area contributed by atoms with Gasteiger partial charge in [0, 0.05) is 12.5 Å². The Balaban J connectivity index is 2.08. The molecule has 13 heavy (non-hydrogen) atoms. The SMILES string of the molecule is CCCCn1cnc(C2CC2)c1N. The molecular weight excluding hydrogens is 162 g/mol. The topological polar surface area (TPSA) is 43.8 Å². The van der Waals surface area contributed by atoms with Gasteiger partial charge in [0.1, 0.15) is 5.82 Å². The number of imidazole rings is 1. The number of anilines is 1. The minimum absolute atomic E-state index is 0.669. The number of aromatic nitrogens is 2. The molecule has 0 bridgehead atoms. The first-order valence-corrected chi connectivity index (χ1v) is 5.13. The second-order valence-electron chi connectivity index (χ2n) is 3.84. The molecule has 3 heteroatoms. The van der Waals surface area contributed by atoms with Crippen molar-refractivity contribution in [3.63, 3.8) is 0 Å². The number of hydrogen-bond acceptors (Lipinski definition) is 2. The fraction of sp³-hybridized carbons (Fsp3) is 0.700. The summed E-state index contributed by atoms with van der Waals surface area (Å²) in [5.74, 6) is 1.57. The lowest BCUT2D eigenvalue weighted by molar-refractivity contribution is 0.637. The lowest BCUT2D eigenvalue weighted by Gasteiger charge is -2.03. The normalized spacial score (nSPS) is 16.4. The summed E-state index contributed by atoms with van der Waals surface area (Å²) in [7, 11) is 0. The van der Waals surface area contributed by atoms with Crippen molar-refractivity contribution in [2.24, 2.45) is 0 Å². The molecule has 0 unspecified atom stereocenters. The van der Waals surface area contributed by atoms with E-state index in [4.69, 9.17) is 5.73 Å². The highest BCUT2D eigenvalue weighted by Gasteiger charge is 2.28. The van der Waals surface area contributed by atoms with Gasteiger partial charge in [-0.15, -0.1) is 0 Å². The average molecular weight is 179 g/mol. The summed E-state index contributed by atoms with van der Waals surface area (Å²) < 4.78 is 2.08. The molecule has 3 nitrogen and oxygen atoms in total. The number of nitrogen functional groups attached to an aromatic ring is 1. The van der Waals surface area contributed by atoms with Gasteiger partial charge < -0.3 is 10.3 Å². The Morgan fingerprint density at radius 2 is 2.38 bits per heavy atom. The Kier molecular flexibility index (Phi) is 2.25. The van der Waals surface area contributed by atoms with Crippen LogP contribution in [0.25, 0.3) is 0 Å². The smallest absolute Gasteiger partial charge is 0.126 e. The quantitative estimate of drug-likeness (QED) is 0.769. The van der Waals surface area contributed by atoms with Crippen LogP contribution in [0.5, 0.6) is 0 Å². The molecule has 0 saturated heterocycles. The molecule has 1 aromatic rings. The van der Waals surface area contributed by atoms with E-state index in [1.807, 2.05) is 6.33 Å². The van der Waals surface area contributed by atoms with Crippen LogP contribution in [-0.4, -0.2) is 9.55 Å². The van der Waals surface area contributed by atoms with Crippen molar-refractivity contribution >= 4 is 5.82 Å². The number of hydrogen-bond donors (Lipinski definition) is 1. The summed E-state index contributed by atoms with van der Waals surface area (Å²) in [6, 6.07) is 0. The summed E-state index contributed by atoms with van der Waals surface area (Å²) in [4.78, 5) is 4.37. The van der Waals surface area contributed by atoms with E-state index in [1.54, 1.807) is 0 Å². The van der Waals surface area contributed by atoms with Crippen LogP contribution in [0.4, 0.5) is 5.82 Å². The first-order chi connectivity index (χ1) is 6.33. The molecule has 1 heterocycles. The van der Waals surface area contributed by atoms with Crippen LogP contribution in [-0.2, 0) is 6.54 Å². The van der Waals surface area contributed by atoms with Crippen LogP contribution in [0.1, 0.15) is 44.2 Å². The van der Waals surface area contributed by atoms with Crippen molar-refractivity contribution < 1.29 is 0 Å². The molecule has 0 aromatic carbocycles. The van der Waals surface area contributed by atoms with E-state index in [9.17, 15) is 0 Å². The Morgan fingerprint density at radius 3 is 3.00 bits per heavy atom. The van der Waals surface area contributed by atoms with Crippen LogP contribution in [0.2, 0.25) is 0 Å². The molecule has 1 aromatic heterocycles. The molecule has 1 aliphatic carbocycles. The molecule has 1 fully saturated rings. The van der Waals surface area contributed by atoms with Gasteiger partial charge >= 0.3 is 0 Å². The van der Waals surface area contributed by atoms with Gasteiger partial charge in [-0.05, 0) is 19.3 Å². The predicted molar refractivity (Wildman–Crippen MR) is 53.5 cm³/mol. The molecule has 0 spiro atoms. The first kappa shape index (κ1) is 8.60. The van der Waals surface area contributed by atoms with Crippen molar-refractivity contribution in [3.8, 4) is 0 Å². The Hall–Kier alpha value is -0.990. The monoisotopic (exact) mass is 179 g/mol. The number of nitrogens with two attached hydrogens (primary N) is 1. The Labute approximate surface area is 79.0 Å². The summed E-state index contributed by atoms with van der Waals surface area (Å²) in [5, 5.41) is 0. The van der Waals surface area contributed by atoms with Gasteiger partial charge in [0.05, 0.1) is 12.0 Å². The standard InChI is InChI=1S/C10H17N3/c1-2-3-6-13-7-12-9(10(13)11)8-4-5-8/h7-8H,2-6,11H2,1H3. The maximum absolute atomic E-state index is 5.99. The highest BCUT2D eigenvalue weighted by molar-refractivity contribution is 5.40. The average Bonchev–Trinajstić information content (AvgIpc) is 2.89. The molecule has 0 atom stereocenters. The van der Waals surface area contributed by atoms with Crippen LogP contribution in [0.15, 0.2) is 6.33 Å². The van der Waals surface area contributed by atoms with Gasteiger partial charge in [-0.25, -0.2) is 4.98 Å². The van der Waals surface area contributed by atoms with Gasteiger partial charge in [-0.3, -0.25) is 0 Å². The molecule has 2 rings (SSSR count). The van der Waals surface area contributed by atoms with E-state index in [-0.39, 0.29) is 0 Å². The van der Waals surface area contributed by atoms with E-state index >= 15 is 0 Å². The van der Waals surface area contributed by atoms with Gasteiger partial charge in [0.15, 0.2) is 0 Å². The minimum atomic E-state index is 0.669. The molecule has 2 N–H and O–H groups in total. The summed E-state index contributed by atoms with van der Waals surface area (Å²) in [6.07, 6.45) is 6.82. The largest absolute Gasteiger partial charge is 0.384 e. The molecule has 1 aliphatic rings. The van der Waals surface area contributed by atoms with Gasteiger partial charge in [-0.2, -0.15) is 0 Å². The molecular formula is C10H17N3. The minimum Gasteiger partial charge on any atom is -0.384 e. The van der Waals surface area contributed by atoms with E-state index in [2.05, 4.69) is 16.5 Å². The maximum Gasteiger partial charge on any atom is 0.126 e. The van der Waals surface area contributed by atoms with Crippen LogP contribution < -0.4 is 5.73 Å². The summed E-state index contributed by atoms with van der Waals surface area (Å²) in [5.41, 5.74) is 7.12. The number of rotatable bonds is 4. The summed E-state index contributed by atoms with van der Waals surface area (Å²) >= 11 is 0. The zero-order valence-electron chi connectivity index (χ0n) is 8.16. The Morgan fingerprint density at radius 1 is 1.62 bits per heavy atom. The Bertz CT molecular complexity index is 286. The third kappa shape index (κ3) is 1.69. The highest BCUT2D eigenvalue weighted by Crippen LogP contribution is 2.41. The van der Waals surface area contributed by atoms with E-state index < -0.39 is 0 Å². The molecule has 0 radical (unpaired) electrons. The maximum atomic E-state index is 5.99. The lowest BCUT2D eigenvalue weighted by Crippen LogP contribution is -2.02. The van der Waals surface area contributed by atoms with E-state index in [0.29, 0.717) is 5.92 Å². The number of unbranched alkanes of at least 4 members (excludes halogenated alkanes) is 1. The van der Waals surface area contributed by atoms with Crippen LogP contribution in [0, 0.1) is 0 Å². The van der Waals surface area contributed by atoms with Crippen molar-refractivity contribution in [1.29, 1.82) is 0 Å². The zero-order chi connectivity index (χ0) is 9.26. The molecule has 0 amide bonds. The van der Waals surface area contributed by atoms with Crippen molar-refractivity contribution in [2.45, 2.75) is 45.1 Å². The third-order valence-corrected chi connectivity index (χ3v) is 2.62. The molecule has 72 valence electrons. The molecule has 0 aliphatic heterocycles. The summed E-state index contributed by atoms with van der Waals surface area (Å²) in [6.45, 7) is 3.21. The van der Waals surface area contributed by atoms with Gasteiger partial charge in [0.25, 0.3) is 0 Å². The van der Waals surface area contributed by atoms with Crippen LogP contribution in [0.3, 0.4) is 0 Å². The van der Waals surface area contributed by atoms with Gasteiger partial charge in [-0.1, -0.05) is 13.3 Å². The van der Waals surface area contributed by atoms with Gasteiger partial charge in [0.2, 0.25) is 0 Å². The first-order valence-electron chi connectivity index (χ1n) is 5.13. The number of nitrogens with zero attached hydrogens (tertiary/aromatic N) is 2. The lowest BCUT2D eigenvalue weighted by atomic mass is 10.3. The number of aryl methyl sites for hydroxylation is 1. The third-order valence-electron chi connectivity index (χ3n) is 2.62. The van der Waals surface area contributed by atoms with E-state index in [0.717, 1.165) is 18.1 Å². The fourth-order valence-electron chi connectivity index (χ4n) is 1.59.